The first-order valence-electron chi connectivity index (χ1n) is 9.64. The Bertz CT molecular complexity index is 1240. The van der Waals surface area contributed by atoms with Crippen LogP contribution in [0.5, 0.6) is 5.75 Å². The summed E-state index contributed by atoms with van der Waals surface area (Å²) in [6.07, 6.45) is 0. The fourth-order valence-corrected chi connectivity index (χ4v) is 3.77. The maximum Gasteiger partial charge on any atom is 0.271 e. The molecule has 32 heavy (non-hydrogen) atoms. The van der Waals surface area contributed by atoms with Gasteiger partial charge < -0.3 is 10.1 Å². The molecule has 4 aromatic rings. The van der Waals surface area contributed by atoms with E-state index >= 15 is 0 Å². The summed E-state index contributed by atoms with van der Waals surface area (Å²) in [5.74, 6) is -2.03. The van der Waals surface area contributed by atoms with Crippen LogP contribution >= 0.6 is 11.3 Å². The van der Waals surface area contributed by atoms with Crippen LogP contribution in [0.25, 0.3) is 10.6 Å². The Morgan fingerprint density at radius 1 is 0.938 bits per heavy atom. The molecule has 0 spiro atoms. The van der Waals surface area contributed by atoms with Gasteiger partial charge >= 0.3 is 0 Å². The van der Waals surface area contributed by atoms with Gasteiger partial charge in [-0.2, -0.15) is 0 Å². The van der Waals surface area contributed by atoms with Crippen molar-refractivity contribution in [3.05, 3.63) is 106 Å². The monoisotopic (exact) mass is 454 g/mol. The van der Waals surface area contributed by atoms with Gasteiger partial charge in [0.25, 0.3) is 5.91 Å². The van der Waals surface area contributed by atoms with Crippen LogP contribution in [0.4, 0.5) is 13.2 Å². The van der Waals surface area contributed by atoms with Crippen LogP contribution in [0, 0.1) is 17.5 Å². The van der Waals surface area contributed by atoms with Gasteiger partial charge in [0.05, 0.1) is 5.56 Å². The number of hydrogen-bond donors (Lipinski definition) is 1. The second-order valence-electron chi connectivity index (χ2n) is 6.88. The van der Waals surface area contributed by atoms with Crippen LogP contribution in [0.2, 0.25) is 0 Å². The van der Waals surface area contributed by atoms with Crippen LogP contribution in [-0.4, -0.2) is 10.9 Å². The first kappa shape index (κ1) is 21.6. The van der Waals surface area contributed by atoms with E-state index in [0.717, 1.165) is 17.7 Å². The molecular formula is C24H17F3N2O2S. The molecule has 4 nitrogen and oxygen atoms in total. The topological polar surface area (TPSA) is 51.2 Å². The van der Waals surface area contributed by atoms with Gasteiger partial charge in [-0.1, -0.05) is 30.3 Å². The number of thiazole rings is 1. The summed E-state index contributed by atoms with van der Waals surface area (Å²) in [6, 6.07) is 16.6. The number of nitrogens with zero attached hydrogens (tertiary/aromatic N) is 1. The molecule has 0 bridgehead atoms. The highest BCUT2D eigenvalue weighted by Crippen LogP contribution is 2.32. The average molecular weight is 454 g/mol. The molecule has 0 aliphatic rings. The molecule has 0 fully saturated rings. The Kier molecular flexibility index (Phi) is 6.51. The van der Waals surface area contributed by atoms with Crippen LogP contribution < -0.4 is 10.1 Å². The molecule has 162 valence electrons. The van der Waals surface area contributed by atoms with Gasteiger partial charge in [0.1, 0.15) is 28.9 Å². The van der Waals surface area contributed by atoms with Gasteiger partial charge in [-0.05, 0) is 47.5 Å². The molecule has 1 aromatic heterocycles. The average Bonchev–Trinajstić information content (AvgIpc) is 3.30. The van der Waals surface area contributed by atoms with E-state index in [-0.39, 0.29) is 30.6 Å². The Morgan fingerprint density at radius 3 is 2.47 bits per heavy atom. The van der Waals surface area contributed by atoms with Crippen LogP contribution in [0.1, 0.15) is 21.6 Å². The number of amides is 1. The summed E-state index contributed by atoms with van der Waals surface area (Å²) in [6.45, 7) is 0.296. The number of nitrogens with one attached hydrogen (secondary N) is 1. The van der Waals surface area contributed by atoms with Crippen LogP contribution in [0.3, 0.4) is 0 Å². The molecule has 3 aromatic carbocycles. The maximum absolute atomic E-state index is 13.4. The summed E-state index contributed by atoms with van der Waals surface area (Å²) >= 11 is 1.28. The molecule has 1 N–H and O–H groups in total. The molecule has 0 saturated heterocycles. The van der Waals surface area contributed by atoms with Crippen molar-refractivity contribution < 1.29 is 22.7 Å². The third-order valence-corrected chi connectivity index (χ3v) is 5.47. The Labute approximate surface area is 186 Å². The zero-order valence-electron chi connectivity index (χ0n) is 16.6. The quantitative estimate of drug-likeness (QED) is 0.388. The number of hydrogen-bond acceptors (Lipinski definition) is 4. The largest absolute Gasteiger partial charge is 0.488 e. The van der Waals surface area contributed by atoms with Crippen molar-refractivity contribution >= 4 is 17.2 Å². The van der Waals surface area contributed by atoms with Crippen molar-refractivity contribution in [2.24, 2.45) is 0 Å². The van der Waals surface area contributed by atoms with E-state index < -0.39 is 11.6 Å². The zero-order valence-corrected chi connectivity index (χ0v) is 17.5. The van der Waals surface area contributed by atoms with E-state index in [1.807, 2.05) is 6.07 Å². The van der Waals surface area contributed by atoms with Crippen LogP contribution in [-0.2, 0) is 13.2 Å². The molecule has 1 amide bonds. The fourth-order valence-electron chi connectivity index (χ4n) is 2.94. The summed E-state index contributed by atoms with van der Waals surface area (Å²) < 4.78 is 45.3. The first-order valence-corrected chi connectivity index (χ1v) is 10.5. The predicted octanol–water partition coefficient (Wildman–Crippen LogP) is 5.74. The number of carbonyl (C=O) groups is 1. The second kappa shape index (κ2) is 9.65. The molecule has 0 atom stereocenters. The minimum absolute atomic E-state index is 0.0462. The van der Waals surface area contributed by atoms with E-state index in [4.69, 9.17) is 4.74 Å². The summed E-state index contributed by atoms with van der Waals surface area (Å²) in [5.41, 5.74) is 2.19. The minimum atomic E-state index is -0.935. The van der Waals surface area contributed by atoms with Crippen molar-refractivity contribution in [3.63, 3.8) is 0 Å². The van der Waals surface area contributed by atoms with E-state index in [1.54, 1.807) is 35.7 Å². The molecule has 0 aliphatic heterocycles. The smallest absolute Gasteiger partial charge is 0.271 e. The highest BCUT2D eigenvalue weighted by Gasteiger charge is 2.15. The standard InChI is InChI=1S/C24H17F3N2O2S/c25-17-8-5-15(6-9-17)12-28-23(30)21-14-32-24(29-21)18-3-1-2-4-22(18)31-13-16-7-10-19(26)20(27)11-16/h1-11,14H,12-13H2,(H,28,30). The first-order chi connectivity index (χ1) is 15.5. The number of benzene rings is 3. The Balaban J connectivity index is 1.44. The van der Waals surface area contributed by atoms with E-state index in [0.29, 0.717) is 21.9 Å². The normalized spacial score (nSPS) is 10.7. The van der Waals surface area contributed by atoms with Crippen LogP contribution in [0.15, 0.2) is 72.1 Å². The highest BCUT2D eigenvalue weighted by atomic mass is 32.1. The maximum atomic E-state index is 13.4. The molecule has 4 rings (SSSR count). The SMILES string of the molecule is O=C(NCc1ccc(F)cc1)c1csc(-c2ccccc2OCc2ccc(F)c(F)c2)n1. The van der Waals surface area contributed by atoms with Gasteiger partial charge in [-0.3, -0.25) is 4.79 Å². The Hall–Kier alpha value is -3.65. The predicted molar refractivity (Wildman–Crippen MR) is 116 cm³/mol. The third-order valence-electron chi connectivity index (χ3n) is 4.60. The summed E-state index contributed by atoms with van der Waals surface area (Å²) in [4.78, 5) is 16.9. The summed E-state index contributed by atoms with van der Waals surface area (Å²) in [7, 11) is 0. The number of ether oxygens (including phenoxy) is 1. The number of rotatable bonds is 7. The lowest BCUT2D eigenvalue weighted by Gasteiger charge is -2.10. The van der Waals surface area contributed by atoms with Crippen molar-refractivity contribution in [2.75, 3.05) is 0 Å². The van der Waals surface area contributed by atoms with E-state index in [9.17, 15) is 18.0 Å². The molecule has 8 heteroatoms. The van der Waals surface area contributed by atoms with Gasteiger partial charge in [0, 0.05) is 11.9 Å². The lowest BCUT2D eigenvalue weighted by atomic mass is 10.2. The van der Waals surface area contributed by atoms with Crippen molar-refractivity contribution in [2.45, 2.75) is 13.2 Å². The van der Waals surface area contributed by atoms with Crippen molar-refractivity contribution in [1.29, 1.82) is 0 Å². The zero-order chi connectivity index (χ0) is 22.5. The summed E-state index contributed by atoms with van der Waals surface area (Å²) in [5, 5.41) is 4.98. The second-order valence-corrected chi connectivity index (χ2v) is 7.74. The molecule has 0 aliphatic carbocycles. The number of aromatic nitrogens is 1. The number of para-hydroxylation sites is 1. The van der Waals surface area contributed by atoms with E-state index in [1.165, 1.54) is 29.5 Å². The minimum Gasteiger partial charge on any atom is -0.488 e. The van der Waals surface area contributed by atoms with E-state index in [2.05, 4.69) is 10.3 Å². The van der Waals surface area contributed by atoms with Gasteiger partial charge in [-0.15, -0.1) is 11.3 Å². The van der Waals surface area contributed by atoms with Crippen molar-refractivity contribution in [1.82, 2.24) is 10.3 Å². The molecule has 1 heterocycles. The highest BCUT2D eigenvalue weighted by molar-refractivity contribution is 7.13. The number of halogens is 3. The van der Waals surface area contributed by atoms with Gasteiger partial charge in [0.15, 0.2) is 11.6 Å². The molecule has 0 unspecified atom stereocenters. The molecule has 0 saturated carbocycles. The van der Waals surface area contributed by atoms with Gasteiger partial charge in [-0.25, -0.2) is 18.2 Å². The number of carbonyl (C=O) groups excluding carboxylic acids is 1. The lowest BCUT2D eigenvalue weighted by Crippen LogP contribution is -2.23. The molecule has 0 radical (unpaired) electrons. The third kappa shape index (κ3) is 5.15. The van der Waals surface area contributed by atoms with Gasteiger partial charge in [0.2, 0.25) is 0 Å². The molecular weight excluding hydrogens is 437 g/mol. The Morgan fingerprint density at radius 2 is 1.69 bits per heavy atom. The fraction of sp³-hybridized carbons (Fsp3) is 0.0833. The lowest BCUT2D eigenvalue weighted by molar-refractivity contribution is 0.0946. The van der Waals surface area contributed by atoms with Crippen molar-refractivity contribution in [3.8, 4) is 16.3 Å².